The minimum atomic E-state index is 0.257. The summed E-state index contributed by atoms with van der Waals surface area (Å²) in [6.07, 6.45) is 0.621. The molecule has 0 atom stereocenters. The van der Waals surface area contributed by atoms with E-state index in [9.17, 15) is 4.79 Å². The molecular formula is C12H17NO. The Morgan fingerprint density at radius 1 is 1.29 bits per heavy atom. The molecule has 0 spiro atoms. The van der Waals surface area contributed by atoms with Crippen LogP contribution in [0.25, 0.3) is 0 Å². The van der Waals surface area contributed by atoms with Crippen LogP contribution in [0.4, 0.5) is 5.69 Å². The molecule has 0 aliphatic carbocycles. The molecule has 0 bridgehead atoms. The highest BCUT2D eigenvalue weighted by atomic mass is 16.1. The molecule has 0 saturated heterocycles. The third-order valence-corrected chi connectivity index (χ3v) is 2.23. The minimum absolute atomic E-state index is 0.257. The predicted octanol–water partition coefficient (Wildman–Crippen LogP) is 3.02. The first-order valence-electron chi connectivity index (χ1n) is 5.16. The number of hydrogen-bond donors (Lipinski definition) is 1. The van der Waals surface area contributed by atoms with Gasteiger partial charge in [0.15, 0.2) is 5.78 Å². The lowest BCUT2D eigenvalue weighted by Crippen LogP contribution is -2.18. The van der Waals surface area contributed by atoms with Crippen molar-refractivity contribution in [2.75, 3.05) is 11.9 Å². The van der Waals surface area contributed by atoms with Gasteiger partial charge in [0.05, 0.1) is 0 Å². The average Bonchev–Trinajstić information content (AvgIpc) is 2.23. The number of Topliss-reactive ketones (excluding diaryl/α,β-unsaturated/α-hetero) is 1. The Bertz CT molecular complexity index is 331. The van der Waals surface area contributed by atoms with E-state index in [2.05, 4.69) is 5.32 Å². The van der Waals surface area contributed by atoms with Crippen LogP contribution in [-0.4, -0.2) is 12.3 Å². The van der Waals surface area contributed by atoms with Crippen molar-refractivity contribution < 1.29 is 4.79 Å². The smallest absolute Gasteiger partial charge is 0.166 e. The zero-order chi connectivity index (χ0) is 10.6. The Hall–Kier alpha value is -1.31. The number of benzene rings is 1. The maximum atomic E-state index is 11.4. The third-order valence-electron chi connectivity index (χ3n) is 2.23. The number of ketones is 1. The van der Waals surface area contributed by atoms with Gasteiger partial charge in [-0.15, -0.1) is 0 Å². The number of carbonyl (C=O) groups excluding carboxylic acids is 1. The molecular weight excluding hydrogens is 174 g/mol. The van der Waals surface area contributed by atoms with Crippen LogP contribution < -0.4 is 5.32 Å². The van der Waals surface area contributed by atoms with Crippen LogP contribution in [0, 0.1) is 6.92 Å². The zero-order valence-electron chi connectivity index (χ0n) is 9.05. The summed E-state index contributed by atoms with van der Waals surface area (Å²) in [5.74, 6) is 0.257. The highest BCUT2D eigenvalue weighted by Gasteiger charge is 2.16. The molecule has 76 valence electrons. The summed E-state index contributed by atoms with van der Waals surface area (Å²) in [6, 6.07) is 5.83. The standard InChI is InChI=1S/C10H11NO.C2H6/c1-7-3-2-4-8-9(12)5-6-11-10(7)8;1-2/h2-4,11H,5-6H2,1H3;1-2H3. The fourth-order valence-electron chi connectivity index (χ4n) is 1.57. The SMILES string of the molecule is CC.Cc1cccc2c1NCCC2=O. The van der Waals surface area contributed by atoms with Crippen LogP contribution in [0.5, 0.6) is 0 Å². The molecule has 1 aromatic rings. The summed E-state index contributed by atoms with van der Waals surface area (Å²) in [5.41, 5.74) is 3.02. The lowest BCUT2D eigenvalue weighted by molar-refractivity contribution is 0.0983. The molecule has 1 aliphatic heterocycles. The van der Waals surface area contributed by atoms with Crippen molar-refractivity contribution in [3.8, 4) is 0 Å². The molecule has 2 nitrogen and oxygen atoms in total. The van der Waals surface area contributed by atoms with Gasteiger partial charge in [-0.2, -0.15) is 0 Å². The lowest BCUT2D eigenvalue weighted by Gasteiger charge is -2.18. The molecule has 0 amide bonds. The first-order chi connectivity index (χ1) is 6.79. The van der Waals surface area contributed by atoms with E-state index in [1.807, 2.05) is 39.0 Å². The molecule has 0 unspecified atom stereocenters. The normalized spacial score (nSPS) is 13.5. The van der Waals surface area contributed by atoms with Gasteiger partial charge in [-0.25, -0.2) is 0 Å². The van der Waals surface area contributed by atoms with Gasteiger partial charge in [0, 0.05) is 24.2 Å². The molecule has 14 heavy (non-hydrogen) atoms. The maximum absolute atomic E-state index is 11.4. The van der Waals surface area contributed by atoms with Gasteiger partial charge in [-0.3, -0.25) is 4.79 Å². The van der Waals surface area contributed by atoms with Gasteiger partial charge in [-0.05, 0) is 18.6 Å². The Labute approximate surface area is 85.3 Å². The molecule has 2 rings (SSSR count). The van der Waals surface area contributed by atoms with Crippen LogP contribution in [-0.2, 0) is 0 Å². The van der Waals surface area contributed by atoms with E-state index >= 15 is 0 Å². The highest BCUT2D eigenvalue weighted by Crippen LogP contribution is 2.24. The van der Waals surface area contributed by atoms with Crippen molar-refractivity contribution >= 4 is 11.5 Å². The molecule has 1 heterocycles. The summed E-state index contributed by atoms with van der Waals surface area (Å²) >= 11 is 0. The van der Waals surface area contributed by atoms with Crippen molar-refractivity contribution in [2.45, 2.75) is 27.2 Å². The molecule has 2 heteroatoms. The number of fused-ring (bicyclic) bond motifs is 1. The van der Waals surface area contributed by atoms with E-state index in [-0.39, 0.29) is 5.78 Å². The van der Waals surface area contributed by atoms with Crippen LogP contribution in [0.15, 0.2) is 18.2 Å². The highest BCUT2D eigenvalue weighted by molar-refractivity contribution is 6.03. The fourth-order valence-corrected chi connectivity index (χ4v) is 1.57. The average molecular weight is 191 g/mol. The van der Waals surface area contributed by atoms with E-state index in [4.69, 9.17) is 0 Å². The van der Waals surface area contributed by atoms with Crippen molar-refractivity contribution in [1.82, 2.24) is 0 Å². The quantitative estimate of drug-likeness (QED) is 0.683. The Morgan fingerprint density at radius 2 is 2.00 bits per heavy atom. The van der Waals surface area contributed by atoms with Crippen molar-refractivity contribution in [3.63, 3.8) is 0 Å². The van der Waals surface area contributed by atoms with Crippen LogP contribution in [0.3, 0.4) is 0 Å². The Balaban J connectivity index is 0.000000461. The van der Waals surface area contributed by atoms with Gasteiger partial charge in [0.2, 0.25) is 0 Å². The predicted molar refractivity (Wildman–Crippen MR) is 60.0 cm³/mol. The van der Waals surface area contributed by atoms with Gasteiger partial charge in [0.25, 0.3) is 0 Å². The molecule has 0 saturated carbocycles. The van der Waals surface area contributed by atoms with E-state index in [1.54, 1.807) is 0 Å². The van der Waals surface area contributed by atoms with Crippen LogP contribution >= 0.6 is 0 Å². The maximum Gasteiger partial charge on any atom is 0.166 e. The zero-order valence-corrected chi connectivity index (χ0v) is 9.05. The number of para-hydroxylation sites is 1. The summed E-state index contributed by atoms with van der Waals surface area (Å²) in [5, 5.41) is 3.24. The Kier molecular flexibility index (Phi) is 3.69. The summed E-state index contributed by atoms with van der Waals surface area (Å²) in [4.78, 5) is 11.4. The van der Waals surface area contributed by atoms with Crippen molar-refractivity contribution in [1.29, 1.82) is 0 Å². The van der Waals surface area contributed by atoms with E-state index in [0.717, 1.165) is 23.4 Å². The number of hydrogen-bond acceptors (Lipinski definition) is 2. The summed E-state index contributed by atoms with van der Waals surface area (Å²) in [6.45, 7) is 6.79. The first kappa shape index (κ1) is 10.8. The fraction of sp³-hybridized carbons (Fsp3) is 0.417. The molecule has 1 N–H and O–H groups in total. The number of nitrogens with one attached hydrogen (secondary N) is 1. The Morgan fingerprint density at radius 3 is 2.64 bits per heavy atom. The number of anilines is 1. The summed E-state index contributed by atoms with van der Waals surface area (Å²) < 4.78 is 0. The molecule has 1 aliphatic rings. The van der Waals surface area contributed by atoms with E-state index in [0.29, 0.717) is 6.42 Å². The van der Waals surface area contributed by atoms with Crippen molar-refractivity contribution in [2.24, 2.45) is 0 Å². The molecule has 0 fully saturated rings. The van der Waals surface area contributed by atoms with Gasteiger partial charge < -0.3 is 5.32 Å². The number of carbonyl (C=O) groups is 1. The van der Waals surface area contributed by atoms with Crippen LogP contribution in [0.2, 0.25) is 0 Å². The van der Waals surface area contributed by atoms with Gasteiger partial charge in [0.1, 0.15) is 0 Å². The van der Waals surface area contributed by atoms with Crippen molar-refractivity contribution in [3.05, 3.63) is 29.3 Å². The van der Waals surface area contributed by atoms with Crippen LogP contribution in [0.1, 0.15) is 36.2 Å². The minimum Gasteiger partial charge on any atom is -0.384 e. The number of rotatable bonds is 0. The number of aryl methyl sites for hydroxylation is 1. The monoisotopic (exact) mass is 191 g/mol. The largest absolute Gasteiger partial charge is 0.384 e. The molecule has 1 aromatic carbocycles. The molecule has 0 aromatic heterocycles. The second kappa shape index (κ2) is 4.80. The van der Waals surface area contributed by atoms with Gasteiger partial charge in [-0.1, -0.05) is 26.0 Å². The first-order valence-corrected chi connectivity index (χ1v) is 5.16. The lowest BCUT2D eigenvalue weighted by atomic mass is 9.99. The van der Waals surface area contributed by atoms with E-state index < -0.39 is 0 Å². The van der Waals surface area contributed by atoms with E-state index in [1.165, 1.54) is 0 Å². The summed E-state index contributed by atoms with van der Waals surface area (Å²) in [7, 11) is 0. The second-order valence-electron chi connectivity index (χ2n) is 3.10. The topological polar surface area (TPSA) is 29.1 Å². The third kappa shape index (κ3) is 1.95. The molecule has 0 radical (unpaired) electrons. The second-order valence-corrected chi connectivity index (χ2v) is 3.10. The van der Waals surface area contributed by atoms with Gasteiger partial charge >= 0.3 is 0 Å².